The fourth-order valence-corrected chi connectivity index (χ4v) is 0.864. The predicted molar refractivity (Wildman–Crippen MR) is 40.8 cm³/mol. The Morgan fingerprint density at radius 2 is 2.45 bits per heavy atom. The second-order valence-corrected chi connectivity index (χ2v) is 2.35. The van der Waals surface area contributed by atoms with Crippen molar-refractivity contribution < 1.29 is 5.11 Å². The molecular weight excluding hydrogens is 142 g/mol. The van der Waals surface area contributed by atoms with Crippen LogP contribution in [-0.4, -0.2) is 21.7 Å². The highest BCUT2D eigenvalue weighted by Crippen LogP contribution is 2.09. The van der Waals surface area contributed by atoms with Gasteiger partial charge in [0.1, 0.15) is 6.33 Å². The number of nitrogens with zero attached hydrogens (tertiary/aromatic N) is 2. The number of rotatable bonds is 2. The molecule has 0 saturated carbocycles. The van der Waals surface area contributed by atoms with Gasteiger partial charge >= 0.3 is 0 Å². The van der Waals surface area contributed by atoms with Crippen LogP contribution in [0.5, 0.6) is 0 Å². The van der Waals surface area contributed by atoms with Gasteiger partial charge in [-0.25, -0.2) is 9.97 Å². The van der Waals surface area contributed by atoms with E-state index in [4.69, 9.17) is 10.8 Å². The normalized spacial score (nSPS) is 13.0. The monoisotopic (exact) mass is 153 g/mol. The van der Waals surface area contributed by atoms with Gasteiger partial charge in [-0.2, -0.15) is 0 Å². The van der Waals surface area contributed by atoms with E-state index in [-0.39, 0.29) is 12.6 Å². The van der Waals surface area contributed by atoms with Crippen molar-refractivity contribution in [1.29, 1.82) is 0 Å². The van der Waals surface area contributed by atoms with Crippen molar-refractivity contribution in [2.75, 3.05) is 6.61 Å². The molecule has 1 rings (SSSR count). The molecule has 4 nitrogen and oxygen atoms in total. The van der Waals surface area contributed by atoms with Crippen LogP contribution in [0.2, 0.25) is 0 Å². The third-order valence-electron chi connectivity index (χ3n) is 1.55. The predicted octanol–water partition coefficient (Wildman–Crippen LogP) is -0.223. The van der Waals surface area contributed by atoms with Gasteiger partial charge in [0.2, 0.25) is 0 Å². The van der Waals surface area contributed by atoms with Gasteiger partial charge < -0.3 is 10.8 Å². The van der Waals surface area contributed by atoms with E-state index in [1.165, 1.54) is 6.33 Å². The summed E-state index contributed by atoms with van der Waals surface area (Å²) in [5.74, 6) is 0. The van der Waals surface area contributed by atoms with Gasteiger partial charge in [-0.05, 0) is 6.92 Å². The van der Waals surface area contributed by atoms with Crippen LogP contribution < -0.4 is 5.73 Å². The van der Waals surface area contributed by atoms with Crippen LogP contribution in [-0.2, 0) is 0 Å². The van der Waals surface area contributed by atoms with Crippen molar-refractivity contribution in [1.82, 2.24) is 9.97 Å². The van der Waals surface area contributed by atoms with E-state index >= 15 is 0 Å². The van der Waals surface area contributed by atoms with Crippen LogP contribution in [0.15, 0.2) is 12.5 Å². The van der Waals surface area contributed by atoms with Crippen molar-refractivity contribution in [3.8, 4) is 0 Å². The third kappa shape index (κ3) is 1.72. The molecule has 0 fully saturated rings. The molecule has 1 heterocycles. The first-order chi connectivity index (χ1) is 5.25. The number of hydrogen-bond donors (Lipinski definition) is 2. The number of nitrogens with two attached hydrogens (primary N) is 1. The zero-order valence-corrected chi connectivity index (χ0v) is 6.36. The van der Waals surface area contributed by atoms with Crippen LogP contribution >= 0.6 is 0 Å². The average Bonchev–Trinajstić information content (AvgIpc) is 2.04. The average molecular weight is 153 g/mol. The van der Waals surface area contributed by atoms with Gasteiger partial charge in [0.25, 0.3) is 0 Å². The Hall–Kier alpha value is -1.00. The van der Waals surface area contributed by atoms with E-state index in [1.807, 2.05) is 6.92 Å². The van der Waals surface area contributed by atoms with E-state index in [0.29, 0.717) is 0 Å². The Morgan fingerprint density at radius 1 is 1.73 bits per heavy atom. The topological polar surface area (TPSA) is 72.0 Å². The van der Waals surface area contributed by atoms with E-state index in [2.05, 4.69) is 9.97 Å². The lowest BCUT2D eigenvalue weighted by Crippen LogP contribution is -2.16. The molecule has 1 atom stereocenters. The van der Waals surface area contributed by atoms with E-state index < -0.39 is 0 Å². The summed E-state index contributed by atoms with van der Waals surface area (Å²) in [4.78, 5) is 7.76. The van der Waals surface area contributed by atoms with Crippen molar-refractivity contribution >= 4 is 0 Å². The molecule has 0 aromatic carbocycles. The molecule has 4 heteroatoms. The van der Waals surface area contributed by atoms with E-state index in [0.717, 1.165) is 11.3 Å². The lowest BCUT2D eigenvalue weighted by molar-refractivity contribution is 0.267. The highest BCUT2D eigenvalue weighted by atomic mass is 16.3. The van der Waals surface area contributed by atoms with Gasteiger partial charge in [-0.1, -0.05) is 0 Å². The molecule has 11 heavy (non-hydrogen) atoms. The molecule has 3 N–H and O–H groups in total. The largest absolute Gasteiger partial charge is 0.394 e. The van der Waals surface area contributed by atoms with Crippen LogP contribution in [0.25, 0.3) is 0 Å². The molecule has 0 radical (unpaired) electrons. The van der Waals surface area contributed by atoms with Crippen molar-refractivity contribution in [3.63, 3.8) is 0 Å². The second-order valence-electron chi connectivity index (χ2n) is 2.35. The molecule has 0 aliphatic rings. The first kappa shape index (κ1) is 8.10. The summed E-state index contributed by atoms with van der Waals surface area (Å²) in [6, 6.07) is -0.365. The Balaban J connectivity index is 2.93. The fraction of sp³-hybridized carbons (Fsp3) is 0.429. The summed E-state index contributed by atoms with van der Waals surface area (Å²) < 4.78 is 0. The molecule has 0 aliphatic heterocycles. The van der Waals surface area contributed by atoms with Gasteiger partial charge in [0.05, 0.1) is 12.6 Å². The van der Waals surface area contributed by atoms with E-state index in [1.54, 1.807) is 6.20 Å². The van der Waals surface area contributed by atoms with Crippen LogP contribution in [0.4, 0.5) is 0 Å². The van der Waals surface area contributed by atoms with Crippen molar-refractivity contribution in [3.05, 3.63) is 23.8 Å². The summed E-state index contributed by atoms with van der Waals surface area (Å²) in [6.45, 7) is 1.76. The Bertz CT molecular complexity index is 239. The summed E-state index contributed by atoms with van der Waals surface area (Å²) >= 11 is 0. The Kier molecular flexibility index (Phi) is 2.51. The smallest absolute Gasteiger partial charge is 0.115 e. The molecule has 0 unspecified atom stereocenters. The molecule has 0 aliphatic carbocycles. The molecule has 60 valence electrons. The molecular formula is C7H11N3O. The lowest BCUT2D eigenvalue weighted by atomic mass is 10.1. The number of aromatic nitrogens is 2. The summed E-state index contributed by atoms with van der Waals surface area (Å²) in [5.41, 5.74) is 7.19. The van der Waals surface area contributed by atoms with Crippen molar-refractivity contribution in [2.24, 2.45) is 5.73 Å². The quantitative estimate of drug-likeness (QED) is 0.616. The summed E-state index contributed by atoms with van der Waals surface area (Å²) in [5, 5.41) is 8.73. The van der Waals surface area contributed by atoms with Gasteiger partial charge in [-0.15, -0.1) is 0 Å². The highest BCUT2D eigenvalue weighted by molar-refractivity contribution is 5.18. The van der Waals surface area contributed by atoms with Crippen LogP contribution in [0.3, 0.4) is 0 Å². The van der Waals surface area contributed by atoms with Gasteiger partial charge in [-0.3, -0.25) is 0 Å². The number of hydrogen-bond acceptors (Lipinski definition) is 4. The second kappa shape index (κ2) is 3.41. The molecule has 1 aromatic rings. The SMILES string of the molecule is Cc1ncncc1[C@@H](N)CO. The Labute approximate surface area is 65.1 Å². The minimum absolute atomic E-state index is 0.0752. The molecule has 0 bridgehead atoms. The molecule has 1 aromatic heterocycles. The maximum Gasteiger partial charge on any atom is 0.115 e. The van der Waals surface area contributed by atoms with Crippen LogP contribution in [0.1, 0.15) is 17.3 Å². The first-order valence-corrected chi connectivity index (χ1v) is 3.38. The molecule has 0 spiro atoms. The van der Waals surface area contributed by atoms with Gasteiger partial charge in [0, 0.05) is 17.5 Å². The lowest BCUT2D eigenvalue weighted by Gasteiger charge is -2.08. The highest BCUT2D eigenvalue weighted by Gasteiger charge is 2.07. The Morgan fingerprint density at radius 3 is 3.00 bits per heavy atom. The fourth-order valence-electron chi connectivity index (χ4n) is 0.864. The minimum Gasteiger partial charge on any atom is -0.394 e. The molecule has 0 amide bonds. The summed E-state index contributed by atoms with van der Waals surface area (Å²) in [6.07, 6.45) is 3.09. The molecule has 0 saturated heterocycles. The third-order valence-corrected chi connectivity index (χ3v) is 1.55. The number of aliphatic hydroxyl groups excluding tert-OH is 1. The zero-order chi connectivity index (χ0) is 8.27. The zero-order valence-electron chi connectivity index (χ0n) is 6.36. The maximum absolute atomic E-state index is 8.73. The maximum atomic E-state index is 8.73. The van der Waals surface area contributed by atoms with Crippen LogP contribution in [0, 0.1) is 6.92 Å². The minimum atomic E-state index is -0.365. The van der Waals surface area contributed by atoms with Crippen molar-refractivity contribution in [2.45, 2.75) is 13.0 Å². The number of aliphatic hydroxyl groups is 1. The first-order valence-electron chi connectivity index (χ1n) is 3.38. The van der Waals surface area contributed by atoms with E-state index in [9.17, 15) is 0 Å². The summed E-state index contributed by atoms with van der Waals surface area (Å²) in [7, 11) is 0. The van der Waals surface area contributed by atoms with Gasteiger partial charge in [0.15, 0.2) is 0 Å². The standard InChI is InChI=1S/C7H11N3O/c1-5-6(7(8)3-11)2-9-4-10-5/h2,4,7,11H,3,8H2,1H3/t7-/m0/s1. The number of aryl methyl sites for hydroxylation is 1.